The van der Waals surface area contributed by atoms with Crippen molar-refractivity contribution in [3.63, 3.8) is 0 Å². The molecule has 214 valence electrons. The molecule has 6 heteroatoms. The second-order valence-corrected chi connectivity index (χ2v) is 11.4. The predicted molar refractivity (Wildman–Crippen MR) is 171 cm³/mol. The topological polar surface area (TPSA) is 18.5 Å². The largest absolute Gasteiger partial charge is 1.00 e. The van der Waals surface area contributed by atoms with E-state index in [2.05, 4.69) is 137 Å². The van der Waals surface area contributed by atoms with Crippen LogP contribution in [0.3, 0.4) is 0 Å². The molecule has 5 nitrogen and oxygen atoms in total. The smallest absolute Gasteiger partial charge is 0.214 e. The number of fused-ring (bicyclic) bond motifs is 4. The minimum absolute atomic E-state index is 0. The molecular weight excluding hydrogens is 617 g/mol. The number of benzene rings is 3. The molecule has 3 heterocycles. The molecule has 0 saturated carbocycles. The SMILES string of the molecule is CCn1c2ccccc2c2cc(/C=C/c3cc(N4CCN(CCCN(C)C)CC4)c4ccccc4[n+]3C)ccc21.[I-]. The zero-order valence-corrected chi connectivity index (χ0v) is 27.0. The van der Waals surface area contributed by atoms with Crippen LogP contribution in [0.5, 0.6) is 0 Å². The fourth-order valence-electron chi connectivity index (χ4n) is 6.38. The maximum Gasteiger partial charge on any atom is 0.214 e. The molecule has 0 aliphatic carbocycles. The van der Waals surface area contributed by atoms with Crippen LogP contribution in [0.15, 0.2) is 72.8 Å². The number of hydrogen-bond donors (Lipinski definition) is 0. The first-order valence-corrected chi connectivity index (χ1v) is 14.8. The van der Waals surface area contributed by atoms with Crippen LogP contribution in [0.2, 0.25) is 0 Å². The zero-order valence-electron chi connectivity index (χ0n) is 24.9. The number of halogens is 1. The van der Waals surface area contributed by atoms with Gasteiger partial charge in [0.1, 0.15) is 7.05 Å². The Bertz CT molecular complexity index is 1680. The minimum atomic E-state index is 0. The van der Waals surface area contributed by atoms with Gasteiger partial charge in [0.25, 0.3) is 0 Å². The average Bonchev–Trinajstić information content (AvgIpc) is 3.30. The van der Waals surface area contributed by atoms with Crippen molar-refractivity contribution in [2.45, 2.75) is 19.9 Å². The first kappa shape index (κ1) is 29.5. The maximum absolute atomic E-state index is 2.62. The lowest BCUT2D eigenvalue weighted by Crippen LogP contribution is -3.00. The first-order valence-electron chi connectivity index (χ1n) is 14.8. The van der Waals surface area contributed by atoms with E-state index in [1.807, 2.05) is 0 Å². The van der Waals surface area contributed by atoms with E-state index >= 15 is 0 Å². The van der Waals surface area contributed by atoms with Gasteiger partial charge in [-0.15, -0.1) is 0 Å². The second-order valence-electron chi connectivity index (χ2n) is 11.4. The van der Waals surface area contributed by atoms with E-state index in [0.29, 0.717) is 0 Å². The summed E-state index contributed by atoms with van der Waals surface area (Å²) in [5, 5.41) is 3.98. The van der Waals surface area contributed by atoms with E-state index < -0.39 is 0 Å². The Balaban J connectivity index is 0.00000337. The van der Waals surface area contributed by atoms with Crippen molar-refractivity contribution in [2.75, 3.05) is 58.3 Å². The summed E-state index contributed by atoms with van der Waals surface area (Å²) in [6, 6.07) is 26.9. The molecule has 0 spiro atoms. The lowest BCUT2D eigenvalue weighted by atomic mass is 10.1. The van der Waals surface area contributed by atoms with E-state index in [4.69, 9.17) is 0 Å². The molecule has 3 aromatic carbocycles. The fraction of sp³-hybridized carbons (Fsp3) is 0.343. The van der Waals surface area contributed by atoms with Crippen molar-refractivity contribution < 1.29 is 28.5 Å². The van der Waals surface area contributed by atoms with Crippen molar-refractivity contribution in [3.8, 4) is 0 Å². The van der Waals surface area contributed by atoms with Crippen LogP contribution in [0.1, 0.15) is 24.6 Å². The lowest BCUT2D eigenvalue weighted by Gasteiger charge is -2.36. The molecule has 41 heavy (non-hydrogen) atoms. The van der Waals surface area contributed by atoms with Crippen molar-refractivity contribution in [1.82, 2.24) is 14.4 Å². The molecule has 0 N–H and O–H groups in total. The molecule has 0 radical (unpaired) electrons. The predicted octanol–water partition coefficient (Wildman–Crippen LogP) is 3.04. The number of anilines is 1. The molecule has 0 atom stereocenters. The molecule has 1 aliphatic heterocycles. The standard InChI is InChI=1S/C35H42N5.HI/c1-5-40-33-14-9-6-11-29(33)31-25-27(16-18-34(31)40)15-17-28-26-35(30-12-7-8-13-32(30)37(28)4)39-23-21-38(22-24-39)20-10-19-36(2)3;/h6-9,11-18,25-26H,5,10,19-24H2,1-4H3;1H/q+1;/p-1. The maximum atomic E-state index is 2.62. The quantitative estimate of drug-likeness (QED) is 0.189. The summed E-state index contributed by atoms with van der Waals surface area (Å²) in [5.74, 6) is 0. The Morgan fingerprint density at radius 2 is 1.51 bits per heavy atom. The minimum Gasteiger partial charge on any atom is -1.00 e. The Kier molecular flexibility index (Phi) is 9.32. The third kappa shape index (κ3) is 6.01. The summed E-state index contributed by atoms with van der Waals surface area (Å²) in [6.45, 7) is 9.93. The fourth-order valence-corrected chi connectivity index (χ4v) is 6.38. The highest BCUT2D eigenvalue weighted by atomic mass is 127. The van der Waals surface area contributed by atoms with Gasteiger partial charge in [-0.1, -0.05) is 36.4 Å². The van der Waals surface area contributed by atoms with E-state index in [1.165, 1.54) is 62.6 Å². The number of pyridine rings is 1. The highest BCUT2D eigenvalue weighted by Crippen LogP contribution is 2.31. The van der Waals surface area contributed by atoms with Crippen LogP contribution in [0.4, 0.5) is 5.69 Å². The Morgan fingerprint density at radius 3 is 2.27 bits per heavy atom. The van der Waals surface area contributed by atoms with Gasteiger partial charge < -0.3 is 38.3 Å². The van der Waals surface area contributed by atoms with Crippen LogP contribution in [0, 0.1) is 0 Å². The van der Waals surface area contributed by atoms with Crippen LogP contribution < -0.4 is 33.4 Å². The van der Waals surface area contributed by atoms with Gasteiger partial charge in [-0.3, -0.25) is 4.90 Å². The summed E-state index contributed by atoms with van der Waals surface area (Å²) in [6.07, 6.45) is 5.79. The summed E-state index contributed by atoms with van der Waals surface area (Å²) in [4.78, 5) is 7.49. The van der Waals surface area contributed by atoms with Gasteiger partial charge in [-0.05, 0) is 76.4 Å². The van der Waals surface area contributed by atoms with E-state index in [0.717, 1.165) is 39.3 Å². The molecule has 1 aliphatic rings. The van der Waals surface area contributed by atoms with Crippen LogP contribution in [0.25, 0.3) is 44.9 Å². The van der Waals surface area contributed by atoms with Crippen LogP contribution in [-0.4, -0.2) is 67.7 Å². The normalized spacial score (nSPS) is 14.6. The van der Waals surface area contributed by atoms with Gasteiger partial charge in [-0.2, -0.15) is 4.57 Å². The second kappa shape index (κ2) is 12.9. The number of aryl methyl sites for hydroxylation is 2. The first-order chi connectivity index (χ1) is 19.5. The van der Waals surface area contributed by atoms with Crippen molar-refractivity contribution in [2.24, 2.45) is 7.05 Å². The molecule has 6 rings (SSSR count). The molecule has 0 unspecified atom stereocenters. The molecule has 2 aromatic heterocycles. The van der Waals surface area contributed by atoms with E-state index in [9.17, 15) is 0 Å². The van der Waals surface area contributed by atoms with Crippen LogP contribution in [-0.2, 0) is 13.6 Å². The Morgan fingerprint density at radius 1 is 0.805 bits per heavy atom. The molecule has 0 amide bonds. The molecule has 1 saturated heterocycles. The van der Waals surface area contributed by atoms with Crippen molar-refractivity contribution in [1.29, 1.82) is 0 Å². The molecule has 5 aromatic rings. The van der Waals surface area contributed by atoms with Gasteiger partial charge >= 0.3 is 0 Å². The third-order valence-corrected chi connectivity index (χ3v) is 8.57. The number of hydrogen-bond acceptors (Lipinski definition) is 3. The Labute approximate surface area is 261 Å². The Hall–Kier alpha value is -2.94. The molecular formula is C35H42IN5. The number of aromatic nitrogens is 2. The number of nitrogens with zero attached hydrogens (tertiary/aromatic N) is 5. The summed E-state index contributed by atoms with van der Waals surface area (Å²) >= 11 is 0. The molecule has 0 bridgehead atoms. The lowest BCUT2D eigenvalue weighted by molar-refractivity contribution is -0.646. The van der Waals surface area contributed by atoms with E-state index in [1.54, 1.807) is 0 Å². The third-order valence-electron chi connectivity index (χ3n) is 8.57. The van der Waals surface area contributed by atoms with Crippen molar-refractivity contribution >= 4 is 50.5 Å². The highest BCUT2D eigenvalue weighted by Gasteiger charge is 2.22. The summed E-state index contributed by atoms with van der Waals surface area (Å²) < 4.78 is 4.74. The van der Waals surface area contributed by atoms with Gasteiger partial charge in [0.15, 0.2) is 0 Å². The number of rotatable bonds is 8. The zero-order chi connectivity index (χ0) is 27.6. The van der Waals surface area contributed by atoms with Gasteiger partial charge in [-0.25, -0.2) is 0 Å². The van der Waals surface area contributed by atoms with Gasteiger partial charge in [0, 0.05) is 72.7 Å². The van der Waals surface area contributed by atoms with Gasteiger partial charge in [0.2, 0.25) is 11.2 Å². The van der Waals surface area contributed by atoms with Crippen molar-refractivity contribution in [3.05, 3.63) is 84.1 Å². The highest BCUT2D eigenvalue weighted by molar-refractivity contribution is 6.08. The van der Waals surface area contributed by atoms with Gasteiger partial charge in [0.05, 0.1) is 11.1 Å². The number of para-hydroxylation sites is 2. The monoisotopic (exact) mass is 659 g/mol. The van der Waals surface area contributed by atoms with E-state index in [-0.39, 0.29) is 24.0 Å². The summed E-state index contributed by atoms with van der Waals surface area (Å²) in [5.41, 5.74) is 7.69. The average molecular weight is 660 g/mol. The summed E-state index contributed by atoms with van der Waals surface area (Å²) in [7, 11) is 6.51. The molecule has 1 fully saturated rings. The number of piperazine rings is 1. The van der Waals surface area contributed by atoms with Crippen LogP contribution >= 0.6 is 0 Å².